The van der Waals surface area contributed by atoms with E-state index in [1.165, 1.54) is 16.7 Å². The maximum Gasteiger partial charge on any atom is 0.153 e. The molecule has 4 nitrogen and oxygen atoms in total. The number of rotatable bonds is 5. The van der Waals surface area contributed by atoms with Gasteiger partial charge in [0.2, 0.25) is 0 Å². The molecule has 20 heavy (non-hydrogen) atoms. The highest BCUT2D eigenvalue weighted by Crippen LogP contribution is 2.29. The Morgan fingerprint density at radius 3 is 2.65 bits per heavy atom. The molecule has 0 fully saturated rings. The summed E-state index contributed by atoms with van der Waals surface area (Å²) in [5.41, 5.74) is 4.90. The van der Waals surface area contributed by atoms with Gasteiger partial charge in [-0.05, 0) is 53.9 Å². The Kier molecular flexibility index (Phi) is 4.94. The van der Waals surface area contributed by atoms with Crippen molar-refractivity contribution in [2.24, 2.45) is 7.05 Å². The van der Waals surface area contributed by atoms with E-state index in [2.05, 4.69) is 70.5 Å². The van der Waals surface area contributed by atoms with Crippen LogP contribution in [0.3, 0.4) is 0 Å². The molecule has 1 aromatic carbocycles. The first-order chi connectivity index (χ1) is 9.54. The monoisotopic (exact) mass is 336 g/mol. The molecule has 0 bridgehead atoms. The zero-order valence-corrected chi connectivity index (χ0v) is 14.0. The van der Waals surface area contributed by atoms with Crippen LogP contribution in [0.1, 0.15) is 41.8 Å². The second-order valence-electron chi connectivity index (χ2n) is 5.14. The zero-order valence-electron chi connectivity index (χ0n) is 12.4. The average molecular weight is 337 g/mol. The molecule has 0 aliphatic heterocycles. The summed E-state index contributed by atoms with van der Waals surface area (Å²) in [7, 11) is 1.93. The van der Waals surface area contributed by atoms with Crippen molar-refractivity contribution in [2.45, 2.75) is 33.2 Å². The van der Waals surface area contributed by atoms with Crippen LogP contribution in [0.4, 0.5) is 0 Å². The molecule has 0 spiro atoms. The zero-order chi connectivity index (χ0) is 14.7. The van der Waals surface area contributed by atoms with Gasteiger partial charge in [0, 0.05) is 7.05 Å². The minimum absolute atomic E-state index is 0.102. The molecule has 1 N–H and O–H groups in total. The Bertz CT molecular complexity index is 572. The minimum Gasteiger partial charge on any atom is -0.305 e. The smallest absolute Gasteiger partial charge is 0.153 e. The molecule has 0 aliphatic rings. The van der Waals surface area contributed by atoms with Crippen molar-refractivity contribution in [3.63, 3.8) is 0 Å². The largest absolute Gasteiger partial charge is 0.305 e. The Balaban J connectivity index is 2.47. The van der Waals surface area contributed by atoms with Crippen LogP contribution < -0.4 is 5.32 Å². The van der Waals surface area contributed by atoms with E-state index in [0.717, 1.165) is 23.3 Å². The summed E-state index contributed by atoms with van der Waals surface area (Å²) in [4.78, 5) is 0. The van der Waals surface area contributed by atoms with Gasteiger partial charge >= 0.3 is 0 Å². The van der Waals surface area contributed by atoms with E-state index in [1.807, 2.05) is 11.7 Å². The van der Waals surface area contributed by atoms with Crippen LogP contribution in [0.15, 0.2) is 22.8 Å². The van der Waals surface area contributed by atoms with E-state index in [0.29, 0.717) is 0 Å². The van der Waals surface area contributed by atoms with Crippen molar-refractivity contribution < 1.29 is 0 Å². The first kappa shape index (κ1) is 15.2. The van der Waals surface area contributed by atoms with Crippen molar-refractivity contribution >= 4 is 15.9 Å². The molecule has 108 valence electrons. The molecule has 2 rings (SSSR count). The first-order valence-corrected chi connectivity index (χ1v) is 7.69. The van der Waals surface area contributed by atoms with Crippen LogP contribution in [-0.4, -0.2) is 21.5 Å². The van der Waals surface area contributed by atoms with Gasteiger partial charge in [0.1, 0.15) is 0 Å². The molecule has 0 saturated heterocycles. The van der Waals surface area contributed by atoms with Crippen LogP contribution in [0.25, 0.3) is 0 Å². The minimum atomic E-state index is 0.102. The van der Waals surface area contributed by atoms with E-state index in [9.17, 15) is 0 Å². The van der Waals surface area contributed by atoms with Crippen LogP contribution in [0.5, 0.6) is 0 Å². The lowest BCUT2D eigenvalue weighted by molar-refractivity contribution is 0.547. The summed E-state index contributed by atoms with van der Waals surface area (Å²) in [6, 6.07) is 6.66. The van der Waals surface area contributed by atoms with Crippen LogP contribution >= 0.6 is 15.9 Å². The van der Waals surface area contributed by atoms with E-state index in [4.69, 9.17) is 0 Å². The Morgan fingerprint density at radius 2 is 2.10 bits per heavy atom. The maximum atomic E-state index is 4.11. The summed E-state index contributed by atoms with van der Waals surface area (Å²) in [5.74, 6) is 0. The topological polar surface area (TPSA) is 42.7 Å². The van der Waals surface area contributed by atoms with Gasteiger partial charge < -0.3 is 5.32 Å². The molecule has 0 radical (unpaired) electrons. The fourth-order valence-electron chi connectivity index (χ4n) is 2.44. The average Bonchev–Trinajstić information content (AvgIpc) is 2.72. The number of nitrogens with zero attached hydrogens (tertiary/aromatic N) is 3. The van der Waals surface area contributed by atoms with Gasteiger partial charge in [0.05, 0.1) is 11.7 Å². The maximum absolute atomic E-state index is 4.11. The Hall–Kier alpha value is -1.20. The molecule has 5 heteroatoms. The second kappa shape index (κ2) is 6.50. The van der Waals surface area contributed by atoms with Crippen molar-refractivity contribution in [3.8, 4) is 0 Å². The lowest BCUT2D eigenvalue weighted by atomic mass is 9.97. The molecular formula is C15H21BrN4. The van der Waals surface area contributed by atoms with E-state index in [-0.39, 0.29) is 6.04 Å². The molecule has 1 unspecified atom stereocenters. The third-order valence-corrected chi connectivity index (χ3v) is 4.00. The molecule has 0 amide bonds. The highest BCUT2D eigenvalue weighted by molar-refractivity contribution is 9.10. The lowest BCUT2D eigenvalue weighted by Crippen LogP contribution is -2.26. The molecule has 1 aromatic heterocycles. The number of halogens is 1. The fraction of sp³-hybridized carbons (Fsp3) is 0.467. The highest BCUT2D eigenvalue weighted by atomic mass is 79.9. The third kappa shape index (κ3) is 3.10. The molecule has 1 atom stereocenters. The first-order valence-electron chi connectivity index (χ1n) is 6.90. The van der Waals surface area contributed by atoms with Crippen molar-refractivity contribution in [1.29, 1.82) is 0 Å². The third-order valence-electron chi connectivity index (χ3n) is 3.43. The van der Waals surface area contributed by atoms with Crippen LogP contribution in [0, 0.1) is 13.8 Å². The number of aryl methyl sites for hydroxylation is 3. The van der Waals surface area contributed by atoms with E-state index in [1.54, 1.807) is 0 Å². The van der Waals surface area contributed by atoms with E-state index < -0.39 is 0 Å². The lowest BCUT2D eigenvalue weighted by Gasteiger charge is -2.21. The van der Waals surface area contributed by atoms with Gasteiger partial charge in [0.25, 0.3) is 0 Å². The van der Waals surface area contributed by atoms with Gasteiger partial charge in [-0.3, -0.25) is 0 Å². The van der Waals surface area contributed by atoms with Crippen molar-refractivity contribution in [3.05, 3.63) is 45.2 Å². The Labute approximate surface area is 128 Å². The predicted octanol–water partition coefficient (Wildman–Crippen LogP) is 3.28. The molecule has 1 heterocycles. The Morgan fingerprint density at radius 1 is 1.35 bits per heavy atom. The number of hydrogen-bond acceptors (Lipinski definition) is 3. The molecule has 0 aliphatic carbocycles. The number of hydrogen-bond donors (Lipinski definition) is 1. The quantitative estimate of drug-likeness (QED) is 0.910. The van der Waals surface area contributed by atoms with Gasteiger partial charge in [-0.2, -0.15) is 0 Å². The summed E-state index contributed by atoms with van der Waals surface area (Å²) in [6.07, 6.45) is 1.09. The summed E-state index contributed by atoms with van der Waals surface area (Å²) in [5, 5.41) is 11.8. The van der Waals surface area contributed by atoms with Crippen molar-refractivity contribution in [1.82, 2.24) is 20.3 Å². The molecule has 2 aromatic rings. The normalized spacial score (nSPS) is 12.7. The molecule has 0 saturated carbocycles. The number of aromatic nitrogens is 3. The van der Waals surface area contributed by atoms with Crippen LogP contribution in [0.2, 0.25) is 0 Å². The standard InChI is InChI=1S/C15H21BrN4/c1-5-8-17-13(14-15(16)18-19-20(14)4)12-7-6-10(2)9-11(12)3/h6-7,9,13,17H,5,8H2,1-4H3. The summed E-state index contributed by atoms with van der Waals surface area (Å²) in [6.45, 7) is 7.39. The van der Waals surface area contributed by atoms with Gasteiger partial charge in [-0.15, -0.1) is 5.10 Å². The van der Waals surface area contributed by atoms with E-state index >= 15 is 0 Å². The SMILES string of the molecule is CCCNC(c1ccc(C)cc1C)c1c(Br)nnn1C. The fourth-order valence-corrected chi connectivity index (χ4v) is 2.99. The molecular weight excluding hydrogens is 316 g/mol. The summed E-state index contributed by atoms with van der Waals surface area (Å²) < 4.78 is 2.63. The van der Waals surface area contributed by atoms with Crippen molar-refractivity contribution in [2.75, 3.05) is 6.54 Å². The van der Waals surface area contributed by atoms with Gasteiger partial charge in [-0.1, -0.05) is 35.9 Å². The summed E-state index contributed by atoms with van der Waals surface area (Å²) >= 11 is 3.51. The van der Waals surface area contributed by atoms with Gasteiger partial charge in [0.15, 0.2) is 4.60 Å². The van der Waals surface area contributed by atoms with Gasteiger partial charge in [-0.25, -0.2) is 4.68 Å². The predicted molar refractivity (Wildman–Crippen MR) is 84.8 cm³/mol. The number of benzene rings is 1. The number of nitrogens with one attached hydrogen (secondary N) is 1. The van der Waals surface area contributed by atoms with Crippen LogP contribution in [-0.2, 0) is 7.05 Å². The highest BCUT2D eigenvalue weighted by Gasteiger charge is 2.22. The second-order valence-corrected chi connectivity index (χ2v) is 5.89.